The molecular formula is C23H25F3N2O5. The van der Waals surface area contributed by atoms with Gasteiger partial charge in [-0.05, 0) is 62.7 Å². The molecule has 178 valence electrons. The quantitative estimate of drug-likeness (QED) is 0.603. The molecule has 0 heterocycles. The summed E-state index contributed by atoms with van der Waals surface area (Å²) in [6.45, 7) is 4.81. The number of ether oxygens (including phenoxy) is 2. The maximum atomic E-state index is 13.3. The Labute approximate surface area is 189 Å². The molecule has 33 heavy (non-hydrogen) atoms. The van der Waals surface area contributed by atoms with Gasteiger partial charge in [0.15, 0.2) is 0 Å². The lowest BCUT2D eigenvalue weighted by molar-refractivity contribution is -0.153. The molecule has 0 spiro atoms. The fourth-order valence-electron chi connectivity index (χ4n) is 2.82. The zero-order valence-corrected chi connectivity index (χ0v) is 18.6. The van der Waals surface area contributed by atoms with Crippen molar-refractivity contribution in [1.82, 2.24) is 5.32 Å². The lowest BCUT2D eigenvalue weighted by Crippen LogP contribution is -2.34. The Morgan fingerprint density at radius 3 is 2.15 bits per heavy atom. The molecule has 0 aromatic heterocycles. The van der Waals surface area contributed by atoms with Gasteiger partial charge in [0.2, 0.25) is 5.91 Å². The number of esters is 1. The Morgan fingerprint density at radius 2 is 1.61 bits per heavy atom. The second-order valence-electron chi connectivity index (χ2n) is 8.09. The van der Waals surface area contributed by atoms with E-state index in [0.717, 1.165) is 6.07 Å². The number of carbonyl (C=O) groups is 3. The number of nitrogens with one attached hydrogen (secondary N) is 2. The van der Waals surface area contributed by atoms with E-state index in [-0.39, 0.29) is 23.4 Å². The first-order valence-electron chi connectivity index (χ1n) is 9.92. The molecule has 0 bridgehead atoms. The lowest BCUT2D eigenvalue weighted by Gasteiger charge is -2.19. The summed E-state index contributed by atoms with van der Waals surface area (Å²) >= 11 is 0. The SMILES string of the molecule is COc1ccc(CC(=O)Nc2ccc(C(=O)NCC(=O)OC(C)(C)C)cc2)c(C(F)(F)F)c1. The number of rotatable bonds is 7. The molecule has 0 aliphatic heterocycles. The van der Waals surface area contributed by atoms with Crippen molar-refractivity contribution in [3.05, 3.63) is 59.2 Å². The second kappa shape index (κ2) is 10.4. The van der Waals surface area contributed by atoms with E-state index < -0.39 is 41.5 Å². The Kier molecular flexibility index (Phi) is 8.08. The van der Waals surface area contributed by atoms with Crippen LogP contribution in [0.2, 0.25) is 0 Å². The molecule has 0 radical (unpaired) electrons. The number of anilines is 1. The van der Waals surface area contributed by atoms with E-state index in [1.807, 2.05) is 0 Å². The number of benzene rings is 2. The van der Waals surface area contributed by atoms with Gasteiger partial charge in [-0.1, -0.05) is 6.07 Å². The lowest BCUT2D eigenvalue weighted by atomic mass is 10.0. The zero-order chi connectivity index (χ0) is 24.8. The van der Waals surface area contributed by atoms with Crippen molar-refractivity contribution in [1.29, 1.82) is 0 Å². The first kappa shape index (κ1) is 25.7. The fraction of sp³-hybridized carbons (Fsp3) is 0.348. The highest BCUT2D eigenvalue weighted by Gasteiger charge is 2.34. The first-order chi connectivity index (χ1) is 15.3. The van der Waals surface area contributed by atoms with Gasteiger partial charge in [-0.15, -0.1) is 0 Å². The number of hydrogen-bond acceptors (Lipinski definition) is 5. The summed E-state index contributed by atoms with van der Waals surface area (Å²) in [6.07, 6.45) is -5.14. The summed E-state index contributed by atoms with van der Waals surface area (Å²) in [7, 11) is 1.25. The van der Waals surface area contributed by atoms with Crippen LogP contribution in [0.25, 0.3) is 0 Å². The summed E-state index contributed by atoms with van der Waals surface area (Å²) in [5.41, 5.74) is -1.29. The van der Waals surface area contributed by atoms with Gasteiger partial charge in [-0.3, -0.25) is 14.4 Å². The molecule has 2 aromatic rings. The van der Waals surface area contributed by atoms with E-state index in [1.54, 1.807) is 20.8 Å². The van der Waals surface area contributed by atoms with Crippen LogP contribution in [0.1, 0.15) is 42.3 Å². The maximum Gasteiger partial charge on any atom is 0.416 e. The van der Waals surface area contributed by atoms with Crippen molar-refractivity contribution in [3.8, 4) is 5.75 Å². The average Bonchev–Trinajstić information content (AvgIpc) is 2.70. The molecule has 0 aliphatic rings. The van der Waals surface area contributed by atoms with Crippen LogP contribution >= 0.6 is 0 Å². The number of halogens is 3. The normalized spacial score (nSPS) is 11.5. The largest absolute Gasteiger partial charge is 0.497 e. The molecule has 0 aliphatic carbocycles. The van der Waals surface area contributed by atoms with E-state index in [0.29, 0.717) is 5.69 Å². The van der Waals surface area contributed by atoms with Crippen molar-refractivity contribution in [2.24, 2.45) is 0 Å². The number of hydrogen-bond donors (Lipinski definition) is 2. The maximum absolute atomic E-state index is 13.3. The minimum Gasteiger partial charge on any atom is -0.497 e. The Morgan fingerprint density at radius 1 is 0.970 bits per heavy atom. The van der Waals surface area contributed by atoms with Gasteiger partial charge in [0.1, 0.15) is 17.9 Å². The van der Waals surface area contributed by atoms with Crippen LogP contribution in [0.15, 0.2) is 42.5 Å². The molecule has 0 fully saturated rings. The summed E-state index contributed by atoms with van der Waals surface area (Å²) in [6, 6.07) is 9.07. The van der Waals surface area contributed by atoms with Crippen LogP contribution in [-0.4, -0.2) is 37.0 Å². The van der Waals surface area contributed by atoms with Crippen molar-refractivity contribution in [2.45, 2.75) is 39.0 Å². The topological polar surface area (TPSA) is 93.7 Å². The van der Waals surface area contributed by atoms with Gasteiger partial charge < -0.3 is 20.1 Å². The monoisotopic (exact) mass is 466 g/mol. The zero-order valence-electron chi connectivity index (χ0n) is 18.6. The van der Waals surface area contributed by atoms with Crippen molar-refractivity contribution in [2.75, 3.05) is 19.0 Å². The van der Waals surface area contributed by atoms with E-state index in [4.69, 9.17) is 9.47 Å². The van der Waals surface area contributed by atoms with E-state index in [1.165, 1.54) is 43.5 Å². The highest BCUT2D eigenvalue weighted by atomic mass is 19.4. The Balaban J connectivity index is 1.98. The molecule has 10 heteroatoms. The highest BCUT2D eigenvalue weighted by molar-refractivity contribution is 5.97. The average molecular weight is 466 g/mol. The number of alkyl halides is 3. The van der Waals surface area contributed by atoms with Gasteiger partial charge in [0.25, 0.3) is 5.91 Å². The second-order valence-corrected chi connectivity index (χ2v) is 8.09. The van der Waals surface area contributed by atoms with Crippen LogP contribution in [0.4, 0.5) is 18.9 Å². The number of amides is 2. The molecule has 2 rings (SSSR count). The summed E-state index contributed by atoms with van der Waals surface area (Å²) in [4.78, 5) is 36.1. The number of methoxy groups -OCH3 is 1. The number of carbonyl (C=O) groups excluding carboxylic acids is 3. The summed E-state index contributed by atoms with van der Waals surface area (Å²) in [5, 5.41) is 4.92. The van der Waals surface area contributed by atoms with Gasteiger partial charge in [0.05, 0.1) is 19.1 Å². The molecular weight excluding hydrogens is 441 g/mol. The minimum atomic E-state index is -4.64. The highest BCUT2D eigenvalue weighted by Crippen LogP contribution is 2.34. The summed E-state index contributed by atoms with van der Waals surface area (Å²) < 4.78 is 49.8. The first-order valence-corrected chi connectivity index (χ1v) is 9.92. The van der Waals surface area contributed by atoms with Crippen LogP contribution in [0.3, 0.4) is 0 Å². The molecule has 0 unspecified atom stereocenters. The van der Waals surface area contributed by atoms with E-state index in [9.17, 15) is 27.6 Å². The van der Waals surface area contributed by atoms with Gasteiger partial charge in [-0.25, -0.2) is 0 Å². The fourth-order valence-corrected chi connectivity index (χ4v) is 2.82. The van der Waals surface area contributed by atoms with Gasteiger partial charge >= 0.3 is 12.1 Å². The van der Waals surface area contributed by atoms with Crippen molar-refractivity contribution < 1.29 is 37.0 Å². The standard InChI is InChI=1S/C23H25F3N2O5/c1-22(2,3)33-20(30)13-27-21(31)14-5-8-16(9-6-14)28-19(29)11-15-7-10-17(32-4)12-18(15)23(24,25)26/h5-10,12H,11,13H2,1-4H3,(H,27,31)(H,28,29). The van der Waals surface area contributed by atoms with E-state index in [2.05, 4.69) is 10.6 Å². The van der Waals surface area contributed by atoms with Crippen LogP contribution < -0.4 is 15.4 Å². The van der Waals surface area contributed by atoms with Crippen molar-refractivity contribution >= 4 is 23.5 Å². The molecule has 0 atom stereocenters. The van der Waals surface area contributed by atoms with Crippen LogP contribution in [0.5, 0.6) is 5.75 Å². The molecule has 0 saturated carbocycles. The molecule has 2 aromatic carbocycles. The predicted molar refractivity (Wildman–Crippen MR) is 115 cm³/mol. The minimum absolute atomic E-state index is 0.0343. The molecule has 0 saturated heterocycles. The Hall–Kier alpha value is -3.56. The molecule has 2 amide bonds. The predicted octanol–water partition coefficient (Wildman–Crippen LogP) is 3.97. The smallest absolute Gasteiger partial charge is 0.416 e. The third kappa shape index (κ3) is 8.13. The van der Waals surface area contributed by atoms with Crippen LogP contribution in [-0.2, 0) is 26.9 Å². The Bertz CT molecular complexity index is 1010. The molecule has 2 N–H and O–H groups in total. The van der Waals surface area contributed by atoms with E-state index >= 15 is 0 Å². The van der Waals surface area contributed by atoms with Gasteiger partial charge in [0, 0.05) is 11.3 Å². The van der Waals surface area contributed by atoms with Crippen molar-refractivity contribution in [3.63, 3.8) is 0 Å². The van der Waals surface area contributed by atoms with Crippen LogP contribution in [0, 0.1) is 0 Å². The van der Waals surface area contributed by atoms with Gasteiger partial charge in [-0.2, -0.15) is 13.2 Å². The third-order valence-corrected chi connectivity index (χ3v) is 4.22. The molecule has 7 nitrogen and oxygen atoms in total. The summed E-state index contributed by atoms with van der Waals surface area (Å²) in [5.74, 6) is -1.73. The third-order valence-electron chi connectivity index (χ3n) is 4.22.